The zero-order valence-corrected chi connectivity index (χ0v) is 15.1. The number of likely N-dealkylation sites (N-methyl/N-ethyl adjacent to an activating group) is 1. The topological polar surface area (TPSA) is 41.6 Å². The maximum absolute atomic E-state index is 12.3. The summed E-state index contributed by atoms with van der Waals surface area (Å²) in [5, 5.41) is 2.96. The fraction of sp³-hybridized carbons (Fsp3) is 0.350. The Labute approximate surface area is 144 Å². The molecule has 0 aliphatic carbocycles. The third-order valence-electron chi connectivity index (χ3n) is 4.43. The molecule has 2 aromatic carbocycles. The minimum atomic E-state index is -0.0255. The molecule has 1 unspecified atom stereocenters. The van der Waals surface area contributed by atoms with E-state index >= 15 is 0 Å². The summed E-state index contributed by atoms with van der Waals surface area (Å²) in [7, 11) is 3.61. The highest BCUT2D eigenvalue weighted by molar-refractivity contribution is 5.92. The van der Waals surface area contributed by atoms with Crippen molar-refractivity contribution in [1.82, 2.24) is 4.90 Å². The van der Waals surface area contributed by atoms with Crippen molar-refractivity contribution in [3.05, 3.63) is 59.2 Å². The lowest BCUT2D eigenvalue weighted by molar-refractivity contribution is -0.117. The summed E-state index contributed by atoms with van der Waals surface area (Å²) >= 11 is 0. The van der Waals surface area contributed by atoms with Crippen LogP contribution in [0.2, 0.25) is 0 Å². The molecule has 1 atom stereocenters. The third kappa shape index (κ3) is 4.36. The van der Waals surface area contributed by atoms with Crippen molar-refractivity contribution in [1.29, 1.82) is 0 Å². The molecule has 2 aromatic rings. The summed E-state index contributed by atoms with van der Waals surface area (Å²) in [6.07, 6.45) is 0. The molecule has 0 saturated heterocycles. The first kappa shape index (κ1) is 18.0. The van der Waals surface area contributed by atoms with Gasteiger partial charge in [-0.1, -0.05) is 24.3 Å². The van der Waals surface area contributed by atoms with Crippen molar-refractivity contribution in [2.45, 2.75) is 26.8 Å². The van der Waals surface area contributed by atoms with Gasteiger partial charge in [0.25, 0.3) is 0 Å². The van der Waals surface area contributed by atoms with Crippen molar-refractivity contribution in [3.8, 4) is 5.75 Å². The van der Waals surface area contributed by atoms with Crippen molar-refractivity contribution in [2.24, 2.45) is 0 Å². The molecule has 0 aliphatic rings. The summed E-state index contributed by atoms with van der Waals surface area (Å²) < 4.78 is 5.41. The Bertz CT molecular complexity index is 713. The predicted molar refractivity (Wildman–Crippen MR) is 98.6 cm³/mol. The number of anilines is 1. The van der Waals surface area contributed by atoms with Crippen molar-refractivity contribution < 1.29 is 9.53 Å². The Balaban J connectivity index is 2.01. The first-order valence-electron chi connectivity index (χ1n) is 8.12. The highest BCUT2D eigenvalue weighted by atomic mass is 16.5. The minimum Gasteiger partial charge on any atom is -0.496 e. The van der Waals surface area contributed by atoms with Gasteiger partial charge in [0, 0.05) is 17.3 Å². The number of aryl methyl sites for hydroxylation is 2. The summed E-state index contributed by atoms with van der Waals surface area (Å²) in [5.41, 5.74) is 4.29. The van der Waals surface area contributed by atoms with Crippen LogP contribution in [-0.2, 0) is 4.79 Å². The number of ether oxygens (including phenoxy) is 1. The number of hydrogen-bond donors (Lipinski definition) is 1. The lowest BCUT2D eigenvalue weighted by Crippen LogP contribution is -2.32. The molecule has 1 N–H and O–H groups in total. The number of nitrogens with zero attached hydrogens (tertiary/aromatic N) is 1. The first-order valence-corrected chi connectivity index (χ1v) is 8.12. The number of rotatable bonds is 6. The van der Waals surface area contributed by atoms with Crippen molar-refractivity contribution >= 4 is 11.6 Å². The summed E-state index contributed by atoms with van der Waals surface area (Å²) in [5.74, 6) is 0.814. The lowest BCUT2D eigenvalue weighted by atomic mass is 10.1. The first-order chi connectivity index (χ1) is 11.4. The number of carbonyl (C=O) groups is 1. The molecule has 0 saturated carbocycles. The molecular formula is C20H26N2O2. The van der Waals surface area contributed by atoms with E-state index < -0.39 is 0 Å². The molecule has 0 bridgehead atoms. The quantitative estimate of drug-likeness (QED) is 0.874. The fourth-order valence-electron chi connectivity index (χ4n) is 2.63. The normalized spacial score (nSPS) is 12.1. The highest BCUT2D eigenvalue weighted by Crippen LogP contribution is 2.27. The van der Waals surface area contributed by atoms with Crippen LogP contribution in [0.3, 0.4) is 0 Å². The molecular weight excluding hydrogens is 300 g/mol. The number of hydrogen-bond acceptors (Lipinski definition) is 3. The highest BCUT2D eigenvalue weighted by Gasteiger charge is 2.18. The van der Waals surface area contributed by atoms with Crippen LogP contribution in [0.25, 0.3) is 0 Å². The van der Waals surface area contributed by atoms with Gasteiger partial charge in [0.1, 0.15) is 5.75 Å². The molecule has 0 radical (unpaired) electrons. The molecule has 4 heteroatoms. The van der Waals surface area contributed by atoms with Gasteiger partial charge in [0.15, 0.2) is 0 Å². The van der Waals surface area contributed by atoms with E-state index in [9.17, 15) is 4.79 Å². The second-order valence-electron chi connectivity index (χ2n) is 6.18. The van der Waals surface area contributed by atoms with Gasteiger partial charge in [-0.15, -0.1) is 0 Å². The maximum Gasteiger partial charge on any atom is 0.238 e. The van der Waals surface area contributed by atoms with E-state index in [-0.39, 0.29) is 11.9 Å². The van der Waals surface area contributed by atoms with Gasteiger partial charge in [-0.2, -0.15) is 0 Å². The number of carbonyl (C=O) groups excluding carboxylic acids is 1. The average molecular weight is 326 g/mol. The van der Waals surface area contributed by atoms with Gasteiger partial charge >= 0.3 is 0 Å². The van der Waals surface area contributed by atoms with Crippen molar-refractivity contribution in [2.75, 3.05) is 26.0 Å². The smallest absolute Gasteiger partial charge is 0.238 e. The van der Waals surface area contributed by atoms with E-state index in [1.807, 2.05) is 61.3 Å². The molecule has 0 spiro atoms. The number of methoxy groups -OCH3 is 1. The maximum atomic E-state index is 12.3. The van der Waals surface area contributed by atoms with Crippen LogP contribution in [0.5, 0.6) is 5.75 Å². The Morgan fingerprint density at radius 1 is 1.17 bits per heavy atom. The third-order valence-corrected chi connectivity index (χ3v) is 4.43. The van der Waals surface area contributed by atoms with Gasteiger partial charge in [-0.25, -0.2) is 0 Å². The Morgan fingerprint density at radius 2 is 1.88 bits per heavy atom. The molecule has 0 aromatic heterocycles. The monoisotopic (exact) mass is 326 g/mol. The van der Waals surface area contributed by atoms with E-state index in [0.717, 1.165) is 17.0 Å². The van der Waals surface area contributed by atoms with Gasteiger partial charge in [0.2, 0.25) is 5.91 Å². The number of amides is 1. The van der Waals surface area contributed by atoms with Crippen LogP contribution in [0.1, 0.15) is 29.7 Å². The summed E-state index contributed by atoms with van der Waals surface area (Å²) in [6.45, 7) is 6.48. The Kier molecular flexibility index (Phi) is 5.99. The zero-order chi connectivity index (χ0) is 17.7. The number of para-hydroxylation sites is 1. The number of nitrogens with one attached hydrogen (secondary N) is 1. The van der Waals surface area contributed by atoms with Crippen LogP contribution in [-0.4, -0.2) is 31.5 Å². The lowest BCUT2D eigenvalue weighted by Gasteiger charge is -2.25. The standard InChI is InChI=1S/C20H26N2O2/c1-14-10-11-17(12-15(14)2)21-20(23)13-22(4)16(3)18-8-6-7-9-19(18)24-5/h6-12,16H,13H2,1-5H3,(H,21,23). The summed E-state index contributed by atoms with van der Waals surface area (Å²) in [4.78, 5) is 14.3. The van der Waals surface area contributed by atoms with Crippen LogP contribution < -0.4 is 10.1 Å². The van der Waals surface area contributed by atoms with Crippen LogP contribution in [0.4, 0.5) is 5.69 Å². The van der Waals surface area contributed by atoms with Gasteiger partial charge in [-0.05, 0) is 57.1 Å². The van der Waals surface area contributed by atoms with E-state index in [0.29, 0.717) is 6.54 Å². The molecule has 128 valence electrons. The van der Waals surface area contributed by atoms with Crippen LogP contribution in [0.15, 0.2) is 42.5 Å². The zero-order valence-electron chi connectivity index (χ0n) is 15.1. The van der Waals surface area contributed by atoms with Crippen molar-refractivity contribution in [3.63, 3.8) is 0 Å². The van der Waals surface area contributed by atoms with Gasteiger partial charge in [-0.3, -0.25) is 9.69 Å². The SMILES string of the molecule is COc1ccccc1C(C)N(C)CC(=O)Nc1ccc(C)c(C)c1. The summed E-state index contributed by atoms with van der Waals surface area (Å²) in [6, 6.07) is 13.9. The van der Waals surface area contributed by atoms with Crippen LogP contribution >= 0.6 is 0 Å². The average Bonchev–Trinajstić information content (AvgIpc) is 2.57. The second kappa shape index (κ2) is 7.97. The molecule has 4 nitrogen and oxygen atoms in total. The van der Waals surface area contributed by atoms with Gasteiger partial charge in [0.05, 0.1) is 13.7 Å². The molecule has 0 aliphatic heterocycles. The van der Waals surface area contributed by atoms with E-state index in [4.69, 9.17) is 4.74 Å². The Morgan fingerprint density at radius 3 is 2.54 bits per heavy atom. The second-order valence-corrected chi connectivity index (χ2v) is 6.18. The van der Waals surface area contributed by atoms with Crippen LogP contribution in [0, 0.1) is 13.8 Å². The predicted octanol–water partition coefficient (Wildman–Crippen LogP) is 3.94. The van der Waals surface area contributed by atoms with E-state index in [1.165, 1.54) is 11.1 Å². The number of benzene rings is 2. The Hall–Kier alpha value is -2.33. The largest absolute Gasteiger partial charge is 0.496 e. The minimum absolute atomic E-state index is 0.0255. The molecule has 24 heavy (non-hydrogen) atoms. The fourth-order valence-corrected chi connectivity index (χ4v) is 2.63. The molecule has 0 fully saturated rings. The van der Waals surface area contributed by atoms with E-state index in [2.05, 4.69) is 19.2 Å². The molecule has 0 heterocycles. The van der Waals surface area contributed by atoms with Gasteiger partial charge < -0.3 is 10.1 Å². The molecule has 2 rings (SSSR count). The molecule has 1 amide bonds. The van der Waals surface area contributed by atoms with E-state index in [1.54, 1.807) is 7.11 Å².